The number of amides is 1. The van der Waals surface area contributed by atoms with Gasteiger partial charge in [0.05, 0.1) is 12.1 Å². The number of carbonyl (C=O) groups excluding carboxylic acids is 1. The molecule has 0 radical (unpaired) electrons. The minimum atomic E-state index is -0.215. The summed E-state index contributed by atoms with van der Waals surface area (Å²) in [5.74, 6) is 2.19. The van der Waals surface area contributed by atoms with Crippen LogP contribution in [0.15, 0.2) is 42.5 Å². The van der Waals surface area contributed by atoms with E-state index in [0.717, 1.165) is 46.0 Å². The molecular formula is C25H22N2O3S. The Morgan fingerprint density at radius 3 is 2.81 bits per heavy atom. The van der Waals surface area contributed by atoms with Gasteiger partial charge in [-0.3, -0.25) is 4.79 Å². The maximum absolute atomic E-state index is 13.6. The Kier molecular flexibility index (Phi) is 3.38. The molecule has 1 spiro atoms. The van der Waals surface area contributed by atoms with Crippen LogP contribution in [-0.4, -0.2) is 33.5 Å². The maximum atomic E-state index is 13.6. The SMILES string of the molecule is CC1CC12CC(=O)N1[C@H](c3ccc4c(c3)OCO4)c3[nH]c4ccccc4c3C[C@H]1C2=S. The van der Waals surface area contributed by atoms with E-state index in [0.29, 0.717) is 12.3 Å². The molecule has 3 aromatic rings. The van der Waals surface area contributed by atoms with E-state index in [1.807, 2.05) is 23.1 Å². The number of H-pyrrole nitrogens is 1. The highest BCUT2D eigenvalue weighted by Crippen LogP contribution is 2.61. The van der Waals surface area contributed by atoms with Crippen molar-refractivity contribution in [1.82, 2.24) is 9.88 Å². The zero-order valence-electron chi connectivity index (χ0n) is 17.2. The molecule has 156 valence electrons. The molecule has 6 heteroatoms. The van der Waals surface area contributed by atoms with Crippen LogP contribution in [0.3, 0.4) is 0 Å². The highest BCUT2D eigenvalue weighted by molar-refractivity contribution is 7.80. The Morgan fingerprint density at radius 2 is 1.97 bits per heavy atom. The molecule has 1 aliphatic carbocycles. The van der Waals surface area contributed by atoms with E-state index < -0.39 is 0 Å². The molecule has 31 heavy (non-hydrogen) atoms. The van der Waals surface area contributed by atoms with E-state index in [2.05, 4.69) is 36.2 Å². The molecule has 4 atom stereocenters. The van der Waals surface area contributed by atoms with Crippen LogP contribution in [0.4, 0.5) is 0 Å². The fourth-order valence-corrected chi connectivity index (χ4v) is 6.64. The molecule has 4 heterocycles. The number of nitrogens with one attached hydrogen (secondary N) is 1. The number of ether oxygens (including phenoxy) is 2. The predicted octanol–water partition coefficient (Wildman–Crippen LogP) is 4.54. The van der Waals surface area contributed by atoms with Crippen molar-refractivity contribution in [3.8, 4) is 11.5 Å². The average Bonchev–Trinajstić information content (AvgIpc) is 3.12. The van der Waals surface area contributed by atoms with Crippen molar-refractivity contribution >= 4 is 33.9 Å². The average molecular weight is 431 g/mol. The normalized spacial score (nSPS) is 30.6. The molecule has 3 aliphatic heterocycles. The van der Waals surface area contributed by atoms with Crippen LogP contribution in [-0.2, 0) is 11.2 Å². The topological polar surface area (TPSA) is 54.6 Å². The largest absolute Gasteiger partial charge is 0.454 e. The third kappa shape index (κ3) is 2.26. The van der Waals surface area contributed by atoms with E-state index in [1.165, 1.54) is 10.9 Å². The molecule has 5 nitrogen and oxygen atoms in total. The summed E-state index contributed by atoms with van der Waals surface area (Å²) in [6.07, 6.45) is 2.34. The molecular weight excluding hydrogens is 408 g/mol. The first kappa shape index (κ1) is 17.8. The van der Waals surface area contributed by atoms with Crippen molar-refractivity contribution < 1.29 is 14.3 Å². The minimum Gasteiger partial charge on any atom is -0.454 e. The lowest BCUT2D eigenvalue weighted by atomic mass is 9.77. The summed E-state index contributed by atoms with van der Waals surface area (Å²) in [7, 11) is 0. The van der Waals surface area contributed by atoms with Gasteiger partial charge in [0.1, 0.15) is 0 Å². The molecule has 2 fully saturated rings. The van der Waals surface area contributed by atoms with E-state index in [1.54, 1.807) is 0 Å². The molecule has 1 saturated heterocycles. The summed E-state index contributed by atoms with van der Waals surface area (Å²) in [4.78, 5) is 20.4. The molecule has 1 aromatic heterocycles. The zero-order valence-corrected chi connectivity index (χ0v) is 18.0. The highest BCUT2D eigenvalue weighted by Gasteiger charge is 2.62. The first-order valence-corrected chi connectivity index (χ1v) is 11.3. The summed E-state index contributed by atoms with van der Waals surface area (Å²) >= 11 is 6.09. The fraction of sp³-hybridized carbons (Fsp3) is 0.360. The van der Waals surface area contributed by atoms with Gasteiger partial charge in [-0.25, -0.2) is 0 Å². The number of nitrogens with zero attached hydrogens (tertiary/aromatic N) is 1. The quantitative estimate of drug-likeness (QED) is 0.576. The predicted molar refractivity (Wildman–Crippen MR) is 120 cm³/mol. The molecule has 0 bridgehead atoms. The number of aromatic nitrogens is 1. The van der Waals surface area contributed by atoms with Gasteiger partial charge in [-0.2, -0.15) is 0 Å². The van der Waals surface area contributed by atoms with Crippen molar-refractivity contribution in [2.24, 2.45) is 11.3 Å². The van der Waals surface area contributed by atoms with Crippen LogP contribution >= 0.6 is 12.2 Å². The van der Waals surface area contributed by atoms with Crippen LogP contribution < -0.4 is 9.47 Å². The summed E-state index contributed by atoms with van der Waals surface area (Å²) in [6.45, 7) is 2.46. The minimum absolute atomic E-state index is 0.0525. The number of hydrogen-bond donors (Lipinski definition) is 1. The number of fused-ring (bicyclic) bond motifs is 5. The Morgan fingerprint density at radius 1 is 1.16 bits per heavy atom. The van der Waals surface area contributed by atoms with E-state index in [4.69, 9.17) is 21.7 Å². The number of rotatable bonds is 1. The van der Waals surface area contributed by atoms with Gasteiger partial charge < -0.3 is 19.4 Å². The number of benzene rings is 2. The lowest BCUT2D eigenvalue weighted by Gasteiger charge is -2.48. The van der Waals surface area contributed by atoms with Crippen LogP contribution in [0, 0.1) is 11.3 Å². The number of aromatic amines is 1. The zero-order chi connectivity index (χ0) is 20.9. The van der Waals surface area contributed by atoms with E-state index in [9.17, 15) is 4.79 Å². The standard InChI is InChI=1S/C25H22N2O3S/c1-13-10-25(13)11-21(28)27-18(24(25)31)9-16-15-4-2-3-5-17(15)26-22(16)23(27)14-6-7-19-20(8-14)30-12-29-19/h2-8,13,18,23,26H,9-12H2,1H3/t13?,18-,23+,25?/m0/s1. The summed E-state index contributed by atoms with van der Waals surface area (Å²) in [5, 5.41) is 1.22. The Labute approximate surface area is 185 Å². The van der Waals surface area contributed by atoms with Gasteiger partial charge in [0.25, 0.3) is 0 Å². The second-order valence-electron chi connectivity index (χ2n) is 9.40. The van der Waals surface area contributed by atoms with E-state index in [-0.39, 0.29) is 30.2 Å². The van der Waals surface area contributed by atoms with Gasteiger partial charge in [0.2, 0.25) is 12.7 Å². The number of para-hydroxylation sites is 1. The Balaban J connectivity index is 1.45. The third-order valence-electron chi connectivity index (χ3n) is 7.85. The lowest BCUT2D eigenvalue weighted by molar-refractivity contribution is -0.137. The molecule has 7 rings (SSSR count). The van der Waals surface area contributed by atoms with E-state index >= 15 is 0 Å². The van der Waals surface area contributed by atoms with Crippen LogP contribution in [0.5, 0.6) is 11.5 Å². The summed E-state index contributed by atoms with van der Waals surface area (Å²) in [5.41, 5.74) is 4.42. The van der Waals surface area contributed by atoms with Gasteiger partial charge in [-0.1, -0.05) is 43.4 Å². The third-order valence-corrected chi connectivity index (χ3v) is 8.52. The molecule has 1 amide bonds. The van der Waals surface area contributed by atoms with Gasteiger partial charge >= 0.3 is 0 Å². The monoisotopic (exact) mass is 430 g/mol. The van der Waals surface area contributed by atoms with Crippen LogP contribution in [0.2, 0.25) is 0 Å². The summed E-state index contributed by atoms with van der Waals surface area (Å²) in [6, 6.07) is 14.1. The Hall–Kier alpha value is -2.86. The van der Waals surface area contributed by atoms with Crippen LogP contribution in [0.25, 0.3) is 10.9 Å². The second kappa shape index (κ2) is 5.88. The van der Waals surface area contributed by atoms with Crippen molar-refractivity contribution in [3.05, 3.63) is 59.3 Å². The van der Waals surface area contributed by atoms with Crippen LogP contribution in [0.1, 0.15) is 42.6 Å². The molecule has 1 saturated carbocycles. The fourth-order valence-electron chi connectivity index (χ4n) is 6.09. The molecule has 4 aliphatic rings. The van der Waals surface area contributed by atoms with Crippen molar-refractivity contribution in [2.45, 2.75) is 38.3 Å². The maximum Gasteiger partial charge on any atom is 0.231 e. The molecule has 2 unspecified atom stereocenters. The van der Waals surface area contributed by atoms with Crippen molar-refractivity contribution in [3.63, 3.8) is 0 Å². The van der Waals surface area contributed by atoms with Gasteiger partial charge in [0.15, 0.2) is 11.5 Å². The Bertz CT molecular complexity index is 1300. The number of thiocarbonyl (C=S) groups is 1. The molecule has 2 aromatic carbocycles. The molecule has 1 N–H and O–H groups in total. The van der Waals surface area contributed by atoms with Gasteiger partial charge in [-0.05, 0) is 41.7 Å². The smallest absolute Gasteiger partial charge is 0.231 e. The number of carbonyl (C=O) groups is 1. The summed E-state index contributed by atoms with van der Waals surface area (Å²) < 4.78 is 11.2. The number of hydrogen-bond acceptors (Lipinski definition) is 4. The first-order chi connectivity index (χ1) is 15.1. The first-order valence-electron chi connectivity index (χ1n) is 10.9. The van der Waals surface area contributed by atoms with Gasteiger partial charge in [-0.15, -0.1) is 0 Å². The van der Waals surface area contributed by atoms with Crippen molar-refractivity contribution in [1.29, 1.82) is 0 Å². The highest BCUT2D eigenvalue weighted by atomic mass is 32.1. The second-order valence-corrected chi connectivity index (χ2v) is 9.84. The number of piperidine rings is 1. The van der Waals surface area contributed by atoms with Crippen molar-refractivity contribution in [2.75, 3.05) is 6.79 Å². The van der Waals surface area contributed by atoms with Gasteiger partial charge in [0, 0.05) is 39.7 Å². The lowest BCUT2D eigenvalue weighted by Crippen LogP contribution is -2.57.